The second-order valence-corrected chi connectivity index (χ2v) is 4.92. The number of nitrogens with zero attached hydrogens (tertiary/aromatic N) is 1. The van der Waals surface area contributed by atoms with Crippen LogP contribution in [-0.4, -0.2) is 12.0 Å². The van der Waals surface area contributed by atoms with Gasteiger partial charge in [-0.2, -0.15) is 0 Å². The monoisotopic (exact) mass is 218 g/mol. The number of fused-ring (bicyclic) bond motifs is 2. The maximum atomic E-state index is 4.75. The van der Waals surface area contributed by atoms with Gasteiger partial charge in [0.05, 0.1) is 15.9 Å². The van der Waals surface area contributed by atoms with Crippen LogP contribution in [0.1, 0.15) is 24.1 Å². The number of hydrogen-bond donors (Lipinski definition) is 1. The van der Waals surface area contributed by atoms with Crippen molar-refractivity contribution in [2.24, 2.45) is 0 Å². The first-order valence-electron chi connectivity index (χ1n) is 5.47. The van der Waals surface area contributed by atoms with E-state index in [1.54, 1.807) is 11.3 Å². The minimum Gasteiger partial charge on any atom is -0.387 e. The molecule has 1 N–H and O–H groups in total. The van der Waals surface area contributed by atoms with Crippen LogP contribution < -0.4 is 5.32 Å². The standard InChI is InChI=1S/C12H14N2S/c1-13-11-8-4-2-3-5-9(8)14-10-6-7-15-12(10)11/h6-7H,2-5H2,1H3,(H,13,14). The number of aromatic nitrogens is 1. The molecule has 2 heterocycles. The predicted molar refractivity (Wildman–Crippen MR) is 65.8 cm³/mol. The Bertz CT molecular complexity index is 502. The summed E-state index contributed by atoms with van der Waals surface area (Å²) < 4.78 is 1.32. The molecule has 1 aliphatic rings. The maximum absolute atomic E-state index is 4.75. The van der Waals surface area contributed by atoms with Crippen molar-refractivity contribution in [2.75, 3.05) is 12.4 Å². The summed E-state index contributed by atoms with van der Waals surface area (Å²) in [5, 5.41) is 5.48. The van der Waals surface area contributed by atoms with Gasteiger partial charge in [0.1, 0.15) is 0 Å². The van der Waals surface area contributed by atoms with Crippen molar-refractivity contribution in [3.8, 4) is 0 Å². The quantitative estimate of drug-likeness (QED) is 0.795. The lowest BCUT2D eigenvalue weighted by Gasteiger charge is -2.18. The molecule has 0 bridgehead atoms. The van der Waals surface area contributed by atoms with Gasteiger partial charge in [0, 0.05) is 12.7 Å². The fourth-order valence-corrected chi connectivity index (χ4v) is 3.32. The van der Waals surface area contributed by atoms with Gasteiger partial charge in [-0.15, -0.1) is 11.3 Å². The molecule has 2 aromatic heterocycles. The average molecular weight is 218 g/mol. The summed E-state index contributed by atoms with van der Waals surface area (Å²) in [5.41, 5.74) is 5.25. The summed E-state index contributed by atoms with van der Waals surface area (Å²) in [6, 6.07) is 2.12. The number of anilines is 1. The van der Waals surface area contributed by atoms with E-state index in [0.717, 1.165) is 11.9 Å². The number of hydrogen-bond acceptors (Lipinski definition) is 3. The lowest BCUT2D eigenvalue weighted by molar-refractivity contribution is 0.672. The van der Waals surface area contributed by atoms with Gasteiger partial charge in [0.2, 0.25) is 0 Å². The van der Waals surface area contributed by atoms with Gasteiger partial charge >= 0.3 is 0 Å². The third kappa shape index (κ3) is 1.34. The molecular weight excluding hydrogens is 204 g/mol. The fourth-order valence-electron chi connectivity index (χ4n) is 2.41. The van der Waals surface area contributed by atoms with Gasteiger partial charge in [0.15, 0.2) is 0 Å². The Morgan fingerprint density at radius 3 is 3.07 bits per heavy atom. The van der Waals surface area contributed by atoms with Crippen molar-refractivity contribution in [2.45, 2.75) is 25.7 Å². The number of aryl methyl sites for hydroxylation is 1. The van der Waals surface area contributed by atoms with E-state index >= 15 is 0 Å². The molecule has 1 aliphatic carbocycles. The topological polar surface area (TPSA) is 24.9 Å². The van der Waals surface area contributed by atoms with Crippen molar-refractivity contribution in [1.29, 1.82) is 0 Å². The Morgan fingerprint density at radius 1 is 1.33 bits per heavy atom. The van der Waals surface area contributed by atoms with E-state index in [1.165, 1.54) is 40.9 Å². The SMILES string of the molecule is CNc1c2c(nc3ccsc13)CCCC2. The van der Waals surface area contributed by atoms with Crippen LogP contribution in [0.2, 0.25) is 0 Å². The van der Waals surface area contributed by atoms with Gasteiger partial charge in [-0.1, -0.05) is 0 Å². The zero-order chi connectivity index (χ0) is 10.3. The molecule has 0 aromatic carbocycles. The van der Waals surface area contributed by atoms with E-state index in [2.05, 4.69) is 16.8 Å². The molecule has 78 valence electrons. The zero-order valence-electron chi connectivity index (χ0n) is 8.84. The van der Waals surface area contributed by atoms with Gasteiger partial charge in [-0.25, -0.2) is 0 Å². The van der Waals surface area contributed by atoms with E-state index in [1.807, 2.05) is 7.05 Å². The molecular formula is C12H14N2S. The molecule has 3 heteroatoms. The van der Waals surface area contributed by atoms with E-state index in [4.69, 9.17) is 4.98 Å². The van der Waals surface area contributed by atoms with Crippen LogP contribution in [0.5, 0.6) is 0 Å². The third-order valence-corrected chi connectivity index (χ3v) is 4.04. The van der Waals surface area contributed by atoms with Crippen molar-refractivity contribution in [3.05, 3.63) is 22.7 Å². The predicted octanol–water partition coefficient (Wildman–Crippen LogP) is 3.22. The van der Waals surface area contributed by atoms with Gasteiger partial charge in [-0.05, 0) is 42.7 Å². The highest BCUT2D eigenvalue weighted by Gasteiger charge is 2.17. The van der Waals surface area contributed by atoms with Crippen LogP contribution in [0.15, 0.2) is 11.4 Å². The minimum atomic E-state index is 1.15. The van der Waals surface area contributed by atoms with Crippen molar-refractivity contribution >= 4 is 27.2 Å². The number of pyridine rings is 1. The molecule has 2 nitrogen and oxygen atoms in total. The molecule has 0 aliphatic heterocycles. The summed E-state index contributed by atoms with van der Waals surface area (Å²) in [4.78, 5) is 4.75. The first-order valence-corrected chi connectivity index (χ1v) is 6.35. The lowest BCUT2D eigenvalue weighted by atomic mass is 9.94. The number of rotatable bonds is 1. The van der Waals surface area contributed by atoms with Gasteiger partial charge in [0.25, 0.3) is 0 Å². The van der Waals surface area contributed by atoms with Crippen LogP contribution in [0, 0.1) is 0 Å². The molecule has 2 aromatic rings. The normalized spacial score (nSPS) is 15.3. The van der Waals surface area contributed by atoms with Crippen molar-refractivity contribution in [1.82, 2.24) is 4.98 Å². The Hall–Kier alpha value is -1.09. The highest BCUT2D eigenvalue weighted by Crippen LogP contribution is 2.35. The Labute approximate surface area is 93.3 Å². The zero-order valence-corrected chi connectivity index (χ0v) is 9.66. The Balaban J connectivity index is 2.34. The first kappa shape index (κ1) is 9.16. The summed E-state index contributed by atoms with van der Waals surface area (Å²) in [6.07, 6.45) is 4.93. The van der Waals surface area contributed by atoms with Crippen molar-refractivity contribution < 1.29 is 0 Å². The fraction of sp³-hybridized carbons (Fsp3) is 0.417. The van der Waals surface area contributed by atoms with Crippen LogP contribution in [0.3, 0.4) is 0 Å². The van der Waals surface area contributed by atoms with Crippen LogP contribution in [0.4, 0.5) is 5.69 Å². The van der Waals surface area contributed by atoms with Gasteiger partial charge < -0.3 is 5.32 Å². The third-order valence-electron chi connectivity index (χ3n) is 3.12. The Morgan fingerprint density at radius 2 is 2.20 bits per heavy atom. The van der Waals surface area contributed by atoms with Crippen LogP contribution in [0.25, 0.3) is 10.2 Å². The summed E-state index contributed by atoms with van der Waals surface area (Å²) in [5.74, 6) is 0. The second-order valence-electron chi connectivity index (χ2n) is 4.00. The molecule has 0 saturated heterocycles. The van der Waals surface area contributed by atoms with E-state index in [9.17, 15) is 0 Å². The highest BCUT2D eigenvalue weighted by molar-refractivity contribution is 7.17. The lowest BCUT2D eigenvalue weighted by Crippen LogP contribution is -2.08. The second kappa shape index (κ2) is 3.49. The molecule has 0 spiro atoms. The van der Waals surface area contributed by atoms with E-state index in [-0.39, 0.29) is 0 Å². The van der Waals surface area contributed by atoms with Crippen LogP contribution in [-0.2, 0) is 12.8 Å². The summed E-state index contributed by atoms with van der Waals surface area (Å²) >= 11 is 1.79. The molecule has 0 atom stereocenters. The minimum absolute atomic E-state index is 1.15. The molecule has 0 unspecified atom stereocenters. The Kier molecular flexibility index (Phi) is 2.13. The van der Waals surface area contributed by atoms with E-state index < -0.39 is 0 Å². The molecule has 0 radical (unpaired) electrons. The first-order chi connectivity index (χ1) is 7.40. The summed E-state index contributed by atoms with van der Waals surface area (Å²) in [7, 11) is 2.02. The molecule has 0 fully saturated rings. The smallest absolute Gasteiger partial charge is 0.0834 e. The largest absolute Gasteiger partial charge is 0.387 e. The molecule has 0 amide bonds. The average Bonchev–Trinajstić information content (AvgIpc) is 2.73. The number of thiophene rings is 1. The molecule has 3 rings (SSSR count). The summed E-state index contributed by atoms with van der Waals surface area (Å²) in [6.45, 7) is 0. The molecule has 15 heavy (non-hydrogen) atoms. The maximum Gasteiger partial charge on any atom is 0.0834 e. The molecule has 0 saturated carbocycles. The van der Waals surface area contributed by atoms with E-state index in [0.29, 0.717) is 0 Å². The van der Waals surface area contributed by atoms with Crippen molar-refractivity contribution in [3.63, 3.8) is 0 Å². The van der Waals surface area contributed by atoms with Gasteiger partial charge in [-0.3, -0.25) is 4.98 Å². The number of nitrogens with one attached hydrogen (secondary N) is 1. The van der Waals surface area contributed by atoms with Crippen LogP contribution >= 0.6 is 11.3 Å². The highest BCUT2D eigenvalue weighted by atomic mass is 32.1.